The standard InChI is InChI=1S/C11H11Cl2N5O/c1-14-8-9(15-2)17-11(13)18(10(8)19)6-3-4-7(12)16-5-6/h3-5,14-15H,1-2H3. The molecule has 0 saturated heterocycles. The molecule has 2 aromatic rings. The third-order valence-corrected chi connectivity index (χ3v) is 2.98. The number of hydrogen-bond donors (Lipinski definition) is 2. The van der Waals surface area contributed by atoms with E-state index < -0.39 is 0 Å². The summed E-state index contributed by atoms with van der Waals surface area (Å²) < 4.78 is 1.25. The van der Waals surface area contributed by atoms with Gasteiger partial charge in [-0.2, -0.15) is 4.98 Å². The van der Waals surface area contributed by atoms with Crippen LogP contribution in [0.1, 0.15) is 0 Å². The average Bonchev–Trinajstić information content (AvgIpc) is 2.40. The number of halogens is 2. The smallest absolute Gasteiger partial charge is 0.284 e. The van der Waals surface area contributed by atoms with Gasteiger partial charge in [-0.05, 0) is 23.7 Å². The summed E-state index contributed by atoms with van der Waals surface area (Å²) in [4.78, 5) is 20.4. The summed E-state index contributed by atoms with van der Waals surface area (Å²) >= 11 is 11.8. The SMILES string of the molecule is CNc1nc(Cl)n(-c2ccc(Cl)nc2)c(=O)c1NC. The zero-order valence-corrected chi connectivity index (χ0v) is 11.7. The van der Waals surface area contributed by atoms with Crippen molar-refractivity contribution >= 4 is 34.7 Å². The Labute approximate surface area is 119 Å². The van der Waals surface area contributed by atoms with Crippen molar-refractivity contribution in [2.75, 3.05) is 24.7 Å². The van der Waals surface area contributed by atoms with Crippen LogP contribution >= 0.6 is 23.2 Å². The fourth-order valence-electron chi connectivity index (χ4n) is 1.63. The molecular weight excluding hydrogens is 289 g/mol. The largest absolute Gasteiger partial charge is 0.381 e. The Hall–Kier alpha value is -1.79. The van der Waals surface area contributed by atoms with E-state index in [-0.39, 0.29) is 10.8 Å². The summed E-state index contributed by atoms with van der Waals surface area (Å²) in [6.45, 7) is 0. The first-order valence-corrected chi connectivity index (χ1v) is 6.14. The van der Waals surface area contributed by atoms with E-state index in [1.165, 1.54) is 10.8 Å². The highest BCUT2D eigenvalue weighted by atomic mass is 35.5. The van der Waals surface area contributed by atoms with E-state index in [0.29, 0.717) is 22.3 Å². The second kappa shape index (κ2) is 5.46. The van der Waals surface area contributed by atoms with Gasteiger partial charge in [0.15, 0.2) is 5.82 Å². The van der Waals surface area contributed by atoms with Gasteiger partial charge >= 0.3 is 0 Å². The number of nitrogens with one attached hydrogen (secondary N) is 2. The molecule has 0 saturated carbocycles. The molecule has 0 aliphatic heterocycles. The van der Waals surface area contributed by atoms with Gasteiger partial charge in [0.1, 0.15) is 10.8 Å². The number of pyridine rings is 1. The van der Waals surface area contributed by atoms with E-state index in [2.05, 4.69) is 20.6 Å². The van der Waals surface area contributed by atoms with Crippen LogP contribution in [0.5, 0.6) is 0 Å². The van der Waals surface area contributed by atoms with Gasteiger partial charge < -0.3 is 10.6 Å². The molecule has 0 aliphatic carbocycles. The molecule has 19 heavy (non-hydrogen) atoms. The first kappa shape index (κ1) is 13.6. The summed E-state index contributed by atoms with van der Waals surface area (Å²) in [6, 6.07) is 3.22. The molecule has 8 heteroatoms. The number of nitrogens with zero attached hydrogens (tertiary/aromatic N) is 3. The van der Waals surface area contributed by atoms with Crippen LogP contribution in [0.15, 0.2) is 23.1 Å². The van der Waals surface area contributed by atoms with Crippen molar-refractivity contribution in [1.29, 1.82) is 0 Å². The van der Waals surface area contributed by atoms with Gasteiger partial charge in [-0.25, -0.2) is 9.55 Å². The molecular formula is C11H11Cl2N5O. The lowest BCUT2D eigenvalue weighted by Crippen LogP contribution is -2.24. The van der Waals surface area contributed by atoms with Crippen LogP contribution < -0.4 is 16.2 Å². The van der Waals surface area contributed by atoms with Crippen LogP contribution in [0.4, 0.5) is 11.5 Å². The quantitative estimate of drug-likeness (QED) is 0.670. The first-order chi connectivity index (χ1) is 9.08. The predicted molar refractivity (Wildman–Crippen MR) is 76.7 cm³/mol. The lowest BCUT2D eigenvalue weighted by Gasteiger charge is -2.13. The molecule has 0 aliphatic rings. The Kier molecular flexibility index (Phi) is 3.92. The maximum atomic E-state index is 12.4. The zero-order valence-electron chi connectivity index (χ0n) is 10.2. The monoisotopic (exact) mass is 299 g/mol. The molecule has 6 nitrogen and oxygen atoms in total. The third-order valence-electron chi connectivity index (χ3n) is 2.50. The molecule has 0 atom stereocenters. The van der Waals surface area contributed by atoms with Gasteiger partial charge in [-0.15, -0.1) is 0 Å². The van der Waals surface area contributed by atoms with Crippen molar-refractivity contribution in [1.82, 2.24) is 14.5 Å². The predicted octanol–water partition coefficient (Wildman–Crippen LogP) is 2.02. The fraction of sp³-hybridized carbons (Fsp3) is 0.182. The topological polar surface area (TPSA) is 71.8 Å². The Morgan fingerprint density at radius 2 is 1.95 bits per heavy atom. The minimum Gasteiger partial charge on any atom is -0.381 e. The minimum absolute atomic E-state index is 0.0393. The number of anilines is 2. The van der Waals surface area contributed by atoms with Gasteiger partial charge in [-0.1, -0.05) is 11.6 Å². The molecule has 0 radical (unpaired) electrons. The van der Waals surface area contributed by atoms with Crippen molar-refractivity contribution < 1.29 is 0 Å². The maximum Gasteiger partial charge on any atom is 0.284 e. The molecule has 0 amide bonds. The molecule has 2 aromatic heterocycles. The van der Waals surface area contributed by atoms with Crippen molar-refractivity contribution in [3.05, 3.63) is 39.1 Å². The minimum atomic E-state index is -0.323. The summed E-state index contributed by atoms with van der Waals surface area (Å²) in [5.74, 6) is 0.385. The summed E-state index contributed by atoms with van der Waals surface area (Å²) in [6.07, 6.45) is 1.45. The van der Waals surface area contributed by atoms with Crippen molar-refractivity contribution in [3.63, 3.8) is 0 Å². The normalized spacial score (nSPS) is 10.3. The molecule has 2 heterocycles. The Bertz CT molecular complexity index is 653. The summed E-state index contributed by atoms with van der Waals surface area (Å²) in [5.41, 5.74) is 0.490. The van der Waals surface area contributed by atoms with E-state index in [9.17, 15) is 4.79 Å². The molecule has 0 aromatic carbocycles. The van der Waals surface area contributed by atoms with Gasteiger partial charge in [0.2, 0.25) is 5.28 Å². The van der Waals surface area contributed by atoms with Crippen LogP contribution in [0.3, 0.4) is 0 Å². The van der Waals surface area contributed by atoms with E-state index >= 15 is 0 Å². The van der Waals surface area contributed by atoms with Gasteiger partial charge in [0.05, 0.1) is 11.9 Å². The molecule has 2 N–H and O–H groups in total. The average molecular weight is 300 g/mol. The third kappa shape index (κ3) is 2.50. The molecule has 0 unspecified atom stereocenters. The molecule has 0 bridgehead atoms. The fourth-order valence-corrected chi connectivity index (χ4v) is 2.00. The van der Waals surface area contributed by atoms with E-state index in [1.54, 1.807) is 26.2 Å². The number of rotatable bonds is 3. The van der Waals surface area contributed by atoms with Crippen LogP contribution in [-0.2, 0) is 0 Å². The second-order valence-electron chi connectivity index (χ2n) is 3.58. The van der Waals surface area contributed by atoms with Gasteiger partial charge in [0.25, 0.3) is 5.56 Å². The van der Waals surface area contributed by atoms with Crippen molar-refractivity contribution in [3.8, 4) is 5.69 Å². The Morgan fingerprint density at radius 1 is 1.21 bits per heavy atom. The van der Waals surface area contributed by atoms with Gasteiger partial charge in [0, 0.05) is 14.1 Å². The lowest BCUT2D eigenvalue weighted by atomic mass is 10.4. The zero-order chi connectivity index (χ0) is 14.0. The van der Waals surface area contributed by atoms with Crippen LogP contribution in [0, 0.1) is 0 Å². The summed E-state index contributed by atoms with van der Waals surface area (Å²) in [5, 5.41) is 5.98. The second-order valence-corrected chi connectivity index (χ2v) is 4.31. The number of hydrogen-bond acceptors (Lipinski definition) is 5. The lowest BCUT2D eigenvalue weighted by molar-refractivity contribution is 0.932. The van der Waals surface area contributed by atoms with Crippen molar-refractivity contribution in [2.45, 2.75) is 0 Å². The van der Waals surface area contributed by atoms with Crippen LogP contribution in [0.2, 0.25) is 10.4 Å². The van der Waals surface area contributed by atoms with E-state index in [1.807, 2.05) is 0 Å². The molecule has 0 spiro atoms. The summed E-state index contributed by atoms with van der Waals surface area (Å²) in [7, 11) is 3.30. The highest BCUT2D eigenvalue weighted by molar-refractivity contribution is 6.29. The van der Waals surface area contributed by atoms with Crippen LogP contribution in [-0.4, -0.2) is 28.6 Å². The highest BCUT2D eigenvalue weighted by Crippen LogP contribution is 2.19. The molecule has 2 rings (SSSR count). The highest BCUT2D eigenvalue weighted by Gasteiger charge is 2.15. The van der Waals surface area contributed by atoms with Crippen molar-refractivity contribution in [2.24, 2.45) is 0 Å². The van der Waals surface area contributed by atoms with E-state index in [4.69, 9.17) is 23.2 Å². The Morgan fingerprint density at radius 3 is 2.47 bits per heavy atom. The molecule has 0 fully saturated rings. The number of aromatic nitrogens is 3. The maximum absolute atomic E-state index is 12.4. The Balaban J connectivity index is 2.70. The van der Waals surface area contributed by atoms with E-state index in [0.717, 1.165) is 0 Å². The molecule has 100 valence electrons. The first-order valence-electron chi connectivity index (χ1n) is 5.38. The van der Waals surface area contributed by atoms with Crippen LogP contribution in [0.25, 0.3) is 5.69 Å². The van der Waals surface area contributed by atoms with Gasteiger partial charge in [-0.3, -0.25) is 4.79 Å².